The summed E-state index contributed by atoms with van der Waals surface area (Å²) in [7, 11) is 0. The Bertz CT molecular complexity index is 910. The maximum atomic E-state index is 13.1. The van der Waals surface area contributed by atoms with E-state index in [0.717, 1.165) is 48.3 Å². The van der Waals surface area contributed by atoms with Crippen LogP contribution >= 0.6 is 23.2 Å². The van der Waals surface area contributed by atoms with Crippen LogP contribution in [0.5, 0.6) is 0 Å². The third kappa shape index (κ3) is 3.83. The average Bonchev–Trinajstić information content (AvgIpc) is 2.67. The number of nitrogens with zero attached hydrogens (tertiary/aromatic N) is 4. The first-order chi connectivity index (χ1) is 13.4. The van der Waals surface area contributed by atoms with E-state index in [9.17, 15) is 4.79 Å². The van der Waals surface area contributed by atoms with Gasteiger partial charge in [-0.1, -0.05) is 30.1 Å². The van der Waals surface area contributed by atoms with Crippen LogP contribution in [-0.2, 0) is 13.0 Å². The standard InChI is InChI=1S/C21H24Cl2N4O/c1-13-5-8-26(9-6-13)20-17-12-27(10-7-19(17)24-14(2)25-20)21(28)16-4-3-15(22)11-18(16)23/h3-4,11,13H,5-10,12H2,1-2H3. The van der Waals surface area contributed by atoms with Gasteiger partial charge in [-0.15, -0.1) is 0 Å². The van der Waals surface area contributed by atoms with Gasteiger partial charge >= 0.3 is 0 Å². The molecule has 0 aliphatic carbocycles. The molecular weight excluding hydrogens is 395 g/mol. The van der Waals surface area contributed by atoms with E-state index in [0.29, 0.717) is 28.7 Å². The predicted octanol–water partition coefficient (Wildman–Crippen LogP) is 4.53. The molecule has 0 saturated carbocycles. The lowest BCUT2D eigenvalue weighted by Crippen LogP contribution is -2.40. The Morgan fingerprint density at radius 1 is 1.14 bits per heavy atom. The Kier molecular flexibility index (Phi) is 5.48. The Labute approximate surface area is 175 Å². The quantitative estimate of drug-likeness (QED) is 0.718. The molecule has 1 aromatic carbocycles. The van der Waals surface area contributed by atoms with Gasteiger partial charge in [0, 0.05) is 36.6 Å². The van der Waals surface area contributed by atoms with Gasteiger partial charge in [0.15, 0.2) is 0 Å². The molecule has 1 aromatic heterocycles. The molecule has 0 unspecified atom stereocenters. The summed E-state index contributed by atoms with van der Waals surface area (Å²) in [5.41, 5.74) is 2.62. The van der Waals surface area contributed by atoms with Gasteiger partial charge in [0.2, 0.25) is 0 Å². The van der Waals surface area contributed by atoms with Crippen LogP contribution < -0.4 is 4.90 Å². The van der Waals surface area contributed by atoms with Crippen molar-refractivity contribution >= 4 is 34.9 Å². The van der Waals surface area contributed by atoms with E-state index in [4.69, 9.17) is 28.2 Å². The molecule has 2 aliphatic rings. The monoisotopic (exact) mass is 418 g/mol. The van der Waals surface area contributed by atoms with Crippen molar-refractivity contribution in [1.82, 2.24) is 14.9 Å². The number of fused-ring (bicyclic) bond motifs is 1. The SMILES string of the molecule is Cc1nc2c(c(N3CCC(C)CC3)n1)CN(C(=O)c1ccc(Cl)cc1Cl)CC2. The molecule has 3 heterocycles. The van der Waals surface area contributed by atoms with Crippen LogP contribution in [0.4, 0.5) is 5.82 Å². The van der Waals surface area contributed by atoms with E-state index >= 15 is 0 Å². The molecule has 2 aromatic rings. The molecule has 1 fully saturated rings. The molecule has 0 bridgehead atoms. The fourth-order valence-corrected chi connectivity index (χ4v) is 4.50. The molecule has 4 rings (SSSR count). The summed E-state index contributed by atoms with van der Waals surface area (Å²) in [5.74, 6) is 2.47. The molecule has 1 amide bonds. The minimum atomic E-state index is -0.0777. The van der Waals surface area contributed by atoms with E-state index in [1.807, 2.05) is 11.8 Å². The number of benzene rings is 1. The van der Waals surface area contributed by atoms with Crippen LogP contribution in [0.15, 0.2) is 18.2 Å². The third-order valence-corrected chi connectivity index (χ3v) is 6.23. The minimum Gasteiger partial charge on any atom is -0.356 e. The van der Waals surface area contributed by atoms with Gasteiger partial charge < -0.3 is 9.80 Å². The number of hydrogen-bond acceptors (Lipinski definition) is 4. The number of carbonyl (C=O) groups is 1. The molecule has 0 atom stereocenters. The summed E-state index contributed by atoms with van der Waals surface area (Å²) in [4.78, 5) is 26.7. The highest BCUT2D eigenvalue weighted by Gasteiger charge is 2.29. The van der Waals surface area contributed by atoms with Crippen LogP contribution in [0, 0.1) is 12.8 Å². The van der Waals surface area contributed by atoms with Gasteiger partial charge in [-0.2, -0.15) is 0 Å². The van der Waals surface area contributed by atoms with Crippen LogP contribution in [0.25, 0.3) is 0 Å². The number of halogens is 2. The first-order valence-electron chi connectivity index (χ1n) is 9.78. The maximum absolute atomic E-state index is 13.1. The van der Waals surface area contributed by atoms with Crippen molar-refractivity contribution < 1.29 is 4.79 Å². The van der Waals surface area contributed by atoms with E-state index in [1.165, 1.54) is 12.8 Å². The van der Waals surface area contributed by atoms with Crippen molar-refractivity contribution in [2.45, 2.75) is 39.7 Å². The lowest BCUT2D eigenvalue weighted by Gasteiger charge is -2.36. The smallest absolute Gasteiger partial charge is 0.255 e. The van der Waals surface area contributed by atoms with Crippen molar-refractivity contribution in [2.75, 3.05) is 24.5 Å². The van der Waals surface area contributed by atoms with Gasteiger partial charge in [0.25, 0.3) is 5.91 Å². The zero-order valence-electron chi connectivity index (χ0n) is 16.2. The topological polar surface area (TPSA) is 49.3 Å². The van der Waals surface area contributed by atoms with Gasteiger partial charge in [0.1, 0.15) is 11.6 Å². The lowest BCUT2D eigenvalue weighted by atomic mass is 9.98. The number of rotatable bonds is 2. The zero-order chi connectivity index (χ0) is 19.8. The minimum absolute atomic E-state index is 0.0777. The fraction of sp³-hybridized carbons (Fsp3) is 0.476. The zero-order valence-corrected chi connectivity index (χ0v) is 17.7. The highest BCUT2D eigenvalue weighted by atomic mass is 35.5. The van der Waals surface area contributed by atoms with Gasteiger partial charge in [-0.25, -0.2) is 9.97 Å². The number of piperidine rings is 1. The first-order valence-corrected chi connectivity index (χ1v) is 10.5. The number of hydrogen-bond donors (Lipinski definition) is 0. The number of aromatic nitrogens is 2. The van der Waals surface area contributed by atoms with Crippen molar-refractivity contribution in [3.63, 3.8) is 0 Å². The number of amides is 1. The van der Waals surface area contributed by atoms with Crippen molar-refractivity contribution in [3.8, 4) is 0 Å². The molecule has 7 heteroatoms. The van der Waals surface area contributed by atoms with Gasteiger partial charge in [0.05, 0.1) is 22.8 Å². The molecule has 5 nitrogen and oxygen atoms in total. The van der Waals surface area contributed by atoms with E-state index < -0.39 is 0 Å². The summed E-state index contributed by atoms with van der Waals surface area (Å²) in [6.45, 7) is 7.38. The largest absolute Gasteiger partial charge is 0.356 e. The molecule has 2 aliphatic heterocycles. The average molecular weight is 419 g/mol. The first kappa shape index (κ1) is 19.5. The van der Waals surface area contributed by atoms with Crippen molar-refractivity contribution in [1.29, 1.82) is 0 Å². The highest BCUT2D eigenvalue weighted by Crippen LogP contribution is 2.31. The van der Waals surface area contributed by atoms with Crippen LogP contribution in [0.1, 0.15) is 47.2 Å². The van der Waals surface area contributed by atoms with Crippen molar-refractivity contribution in [2.24, 2.45) is 5.92 Å². The molecule has 28 heavy (non-hydrogen) atoms. The summed E-state index contributed by atoms with van der Waals surface area (Å²) < 4.78 is 0. The summed E-state index contributed by atoms with van der Waals surface area (Å²) in [6, 6.07) is 5.01. The van der Waals surface area contributed by atoms with Gasteiger partial charge in [-0.05, 0) is 43.9 Å². The Morgan fingerprint density at radius 3 is 2.61 bits per heavy atom. The molecule has 0 N–H and O–H groups in total. The van der Waals surface area contributed by atoms with Crippen LogP contribution in [0.3, 0.4) is 0 Å². The Morgan fingerprint density at radius 2 is 1.89 bits per heavy atom. The molecule has 1 saturated heterocycles. The second-order valence-electron chi connectivity index (χ2n) is 7.79. The second-order valence-corrected chi connectivity index (χ2v) is 8.63. The maximum Gasteiger partial charge on any atom is 0.255 e. The molecule has 148 valence electrons. The number of aryl methyl sites for hydroxylation is 1. The van der Waals surface area contributed by atoms with E-state index in [2.05, 4.69) is 16.8 Å². The Balaban J connectivity index is 1.63. The fourth-order valence-electron chi connectivity index (χ4n) is 4.01. The van der Waals surface area contributed by atoms with E-state index in [-0.39, 0.29) is 5.91 Å². The van der Waals surface area contributed by atoms with Crippen molar-refractivity contribution in [3.05, 3.63) is 50.9 Å². The van der Waals surface area contributed by atoms with Crippen LogP contribution in [0.2, 0.25) is 10.0 Å². The number of anilines is 1. The highest BCUT2D eigenvalue weighted by molar-refractivity contribution is 6.36. The normalized spacial score (nSPS) is 17.6. The number of carbonyl (C=O) groups excluding carboxylic acids is 1. The molecule has 0 spiro atoms. The Hall–Kier alpha value is -1.85. The molecule has 0 radical (unpaired) electrons. The summed E-state index contributed by atoms with van der Waals surface area (Å²) in [6.07, 6.45) is 3.06. The lowest BCUT2D eigenvalue weighted by molar-refractivity contribution is 0.0733. The third-order valence-electron chi connectivity index (χ3n) is 5.68. The molecular formula is C21H24Cl2N4O. The van der Waals surface area contributed by atoms with Crippen LogP contribution in [-0.4, -0.2) is 40.4 Å². The van der Waals surface area contributed by atoms with Gasteiger partial charge in [-0.3, -0.25) is 4.79 Å². The summed E-state index contributed by atoms with van der Waals surface area (Å²) >= 11 is 12.2. The predicted molar refractivity (Wildman–Crippen MR) is 112 cm³/mol. The second kappa shape index (κ2) is 7.88. The summed E-state index contributed by atoms with van der Waals surface area (Å²) in [5, 5.41) is 0.907. The van der Waals surface area contributed by atoms with E-state index in [1.54, 1.807) is 18.2 Å².